The van der Waals surface area contributed by atoms with E-state index in [-0.39, 0.29) is 18.1 Å². The molecular formula is C15H15ClN2O2. The monoisotopic (exact) mass is 290 g/mol. The van der Waals surface area contributed by atoms with Crippen LogP contribution in [0.4, 0.5) is 5.69 Å². The van der Waals surface area contributed by atoms with Crippen LogP contribution in [0.5, 0.6) is 5.75 Å². The highest BCUT2D eigenvalue weighted by molar-refractivity contribution is 6.30. The summed E-state index contributed by atoms with van der Waals surface area (Å²) in [5.74, 6) is -0.209. The van der Waals surface area contributed by atoms with E-state index in [1.807, 2.05) is 24.3 Å². The molecule has 0 heterocycles. The van der Waals surface area contributed by atoms with Crippen molar-refractivity contribution in [1.29, 1.82) is 0 Å². The lowest BCUT2D eigenvalue weighted by Gasteiger charge is -2.12. The molecule has 0 saturated heterocycles. The summed E-state index contributed by atoms with van der Waals surface area (Å²) < 4.78 is 0. The van der Waals surface area contributed by atoms with E-state index in [4.69, 9.17) is 17.3 Å². The average Bonchev–Trinajstić information content (AvgIpc) is 2.41. The van der Waals surface area contributed by atoms with Crippen molar-refractivity contribution in [3.63, 3.8) is 0 Å². The Kier molecular flexibility index (Phi) is 4.48. The number of carbonyl (C=O) groups excluding carboxylic acids is 1. The molecule has 0 aliphatic heterocycles. The highest BCUT2D eigenvalue weighted by Crippen LogP contribution is 2.23. The third kappa shape index (κ3) is 3.65. The predicted octanol–water partition coefficient (Wildman–Crippen LogP) is 2.69. The van der Waals surface area contributed by atoms with Crippen molar-refractivity contribution < 1.29 is 9.90 Å². The molecule has 0 aliphatic carbocycles. The fourth-order valence-corrected chi connectivity index (χ4v) is 2.12. The maximum atomic E-state index is 11.0. The summed E-state index contributed by atoms with van der Waals surface area (Å²) >= 11 is 5.90. The number of nitrogens with one attached hydrogen (secondary N) is 1. The van der Waals surface area contributed by atoms with Crippen molar-refractivity contribution in [2.45, 2.75) is 13.0 Å². The zero-order valence-corrected chi connectivity index (χ0v) is 11.5. The fraction of sp³-hybridized carbons (Fsp3) is 0.133. The van der Waals surface area contributed by atoms with Crippen LogP contribution < -0.4 is 11.1 Å². The molecule has 20 heavy (non-hydrogen) atoms. The highest BCUT2D eigenvalue weighted by atomic mass is 35.5. The molecule has 2 aromatic rings. The summed E-state index contributed by atoms with van der Waals surface area (Å²) in [4.78, 5) is 11.0. The van der Waals surface area contributed by atoms with Gasteiger partial charge < -0.3 is 16.2 Å². The van der Waals surface area contributed by atoms with E-state index in [0.29, 0.717) is 17.1 Å². The second kappa shape index (κ2) is 6.30. The molecule has 0 atom stereocenters. The van der Waals surface area contributed by atoms with E-state index in [2.05, 4.69) is 5.32 Å². The van der Waals surface area contributed by atoms with Gasteiger partial charge in [-0.2, -0.15) is 0 Å². The summed E-state index contributed by atoms with van der Waals surface area (Å²) in [6.45, 7) is 0.405. The van der Waals surface area contributed by atoms with E-state index < -0.39 is 0 Å². The fourth-order valence-electron chi connectivity index (χ4n) is 1.92. The van der Waals surface area contributed by atoms with E-state index >= 15 is 0 Å². The third-order valence-electron chi connectivity index (χ3n) is 2.89. The lowest BCUT2D eigenvalue weighted by atomic mass is 10.1. The van der Waals surface area contributed by atoms with Crippen molar-refractivity contribution in [2.75, 3.05) is 5.32 Å². The first-order valence-electron chi connectivity index (χ1n) is 6.13. The van der Waals surface area contributed by atoms with Gasteiger partial charge >= 0.3 is 0 Å². The zero-order valence-electron chi connectivity index (χ0n) is 10.8. The highest BCUT2D eigenvalue weighted by Gasteiger charge is 2.06. The van der Waals surface area contributed by atoms with Gasteiger partial charge in [-0.15, -0.1) is 0 Å². The van der Waals surface area contributed by atoms with Gasteiger partial charge in [0.2, 0.25) is 5.91 Å². The molecule has 0 spiro atoms. The van der Waals surface area contributed by atoms with Gasteiger partial charge in [0.15, 0.2) is 0 Å². The van der Waals surface area contributed by atoms with E-state index in [9.17, 15) is 9.90 Å². The molecule has 0 aromatic heterocycles. The summed E-state index contributed by atoms with van der Waals surface area (Å²) in [7, 11) is 0. The molecule has 0 unspecified atom stereocenters. The van der Waals surface area contributed by atoms with E-state index in [0.717, 1.165) is 11.3 Å². The first-order chi connectivity index (χ1) is 9.56. The number of hydrogen-bond donors (Lipinski definition) is 3. The van der Waals surface area contributed by atoms with Gasteiger partial charge in [0, 0.05) is 22.8 Å². The van der Waals surface area contributed by atoms with Gasteiger partial charge in [-0.25, -0.2) is 0 Å². The topological polar surface area (TPSA) is 75.4 Å². The first kappa shape index (κ1) is 14.2. The summed E-state index contributed by atoms with van der Waals surface area (Å²) in [5.41, 5.74) is 7.54. The van der Waals surface area contributed by atoms with Crippen LogP contribution in [0.1, 0.15) is 11.1 Å². The minimum Gasteiger partial charge on any atom is -0.508 e. The number of benzene rings is 2. The van der Waals surface area contributed by atoms with Gasteiger partial charge in [0.05, 0.1) is 6.42 Å². The second-order valence-corrected chi connectivity index (χ2v) is 4.86. The minimum absolute atomic E-state index is 0.171. The number of primary amides is 1. The van der Waals surface area contributed by atoms with Gasteiger partial charge in [0.1, 0.15) is 5.75 Å². The standard InChI is InChI=1S/C15H15ClN2O2/c16-12-5-6-14(19)11(7-12)9-18-13-4-2-1-3-10(13)8-15(17)20/h1-7,18-19H,8-9H2,(H2,17,20). The number of phenolic OH excluding ortho intramolecular Hbond substituents is 1. The van der Waals surface area contributed by atoms with Crippen LogP contribution in [0.15, 0.2) is 42.5 Å². The smallest absolute Gasteiger partial charge is 0.221 e. The first-order valence-corrected chi connectivity index (χ1v) is 6.51. The maximum Gasteiger partial charge on any atom is 0.221 e. The molecule has 2 rings (SSSR count). The second-order valence-electron chi connectivity index (χ2n) is 4.43. The van der Waals surface area contributed by atoms with Crippen LogP contribution in [0.25, 0.3) is 0 Å². The lowest BCUT2D eigenvalue weighted by molar-refractivity contribution is -0.117. The van der Waals surface area contributed by atoms with Crippen molar-refractivity contribution in [1.82, 2.24) is 0 Å². The molecule has 104 valence electrons. The normalized spacial score (nSPS) is 10.2. The molecule has 0 bridgehead atoms. The third-order valence-corrected chi connectivity index (χ3v) is 3.13. The Morgan fingerprint density at radius 3 is 2.70 bits per heavy atom. The molecule has 0 saturated carbocycles. The number of nitrogens with two attached hydrogens (primary N) is 1. The van der Waals surface area contributed by atoms with Crippen molar-refractivity contribution in [3.05, 3.63) is 58.6 Å². The van der Waals surface area contributed by atoms with Crippen LogP contribution in [0.2, 0.25) is 5.02 Å². The molecule has 4 N–H and O–H groups in total. The maximum absolute atomic E-state index is 11.0. The zero-order chi connectivity index (χ0) is 14.5. The van der Waals surface area contributed by atoms with Gasteiger partial charge in [-0.05, 0) is 29.8 Å². The molecule has 0 aliphatic rings. The van der Waals surface area contributed by atoms with Crippen molar-refractivity contribution in [2.24, 2.45) is 5.73 Å². The van der Waals surface area contributed by atoms with Crippen LogP contribution in [0, 0.1) is 0 Å². The lowest BCUT2D eigenvalue weighted by Crippen LogP contribution is -2.15. The molecule has 0 radical (unpaired) electrons. The number of anilines is 1. The molecular weight excluding hydrogens is 276 g/mol. The number of aromatic hydroxyl groups is 1. The number of hydrogen-bond acceptors (Lipinski definition) is 3. The number of carbonyl (C=O) groups is 1. The number of halogens is 1. The van der Waals surface area contributed by atoms with Crippen molar-refractivity contribution in [3.8, 4) is 5.75 Å². The molecule has 1 amide bonds. The van der Waals surface area contributed by atoms with Crippen LogP contribution >= 0.6 is 11.6 Å². The predicted molar refractivity (Wildman–Crippen MR) is 79.8 cm³/mol. The van der Waals surface area contributed by atoms with Crippen LogP contribution in [-0.2, 0) is 17.8 Å². The van der Waals surface area contributed by atoms with Crippen LogP contribution in [0.3, 0.4) is 0 Å². The summed E-state index contributed by atoms with van der Waals surface area (Å²) in [5, 5.41) is 13.5. The van der Waals surface area contributed by atoms with E-state index in [1.165, 1.54) is 0 Å². The number of phenols is 1. The van der Waals surface area contributed by atoms with Crippen molar-refractivity contribution >= 4 is 23.2 Å². The molecule has 4 nitrogen and oxygen atoms in total. The summed E-state index contributed by atoms with van der Waals surface area (Å²) in [6, 6.07) is 12.3. The Bertz CT molecular complexity index is 629. The SMILES string of the molecule is NC(=O)Cc1ccccc1NCc1cc(Cl)ccc1O. The Balaban J connectivity index is 2.14. The molecule has 0 fully saturated rings. The minimum atomic E-state index is -0.384. The molecule has 5 heteroatoms. The Morgan fingerprint density at radius 2 is 1.95 bits per heavy atom. The largest absolute Gasteiger partial charge is 0.508 e. The number of amides is 1. The van der Waals surface area contributed by atoms with Gasteiger partial charge in [-0.3, -0.25) is 4.79 Å². The number of rotatable bonds is 5. The molecule has 2 aromatic carbocycles. The average molecular weight is 291 g/mol. The van der Waals surface area contributed by atoms with Gasteiger partial charge in [-0.1, -0.05) is 29.8 Å². The van der Waals surface area contributed by atoms with E-state index in [1.54, 1.807) is 18.2 Å². The quantitative estimate of drug-likeness (QED) is 0.792. The van der Waals surface area contributed by atoms with Crippen LogP contribution in [-0.4, -0.2) is 11.0 Å². The Labute approximate surface area is 122 Å². The number of para-hydroxylation sites is 1. The van der Waals surface area contributed by atoms with Gasteiger partial charge in [0.25, 0.3) is 0 Å². The Morgan fingerprint density at radius 1 is 1.20 bits per heavy atom. The Hall–Kier alpha value is -2.20. The summed E-state index contributed by atoms with van der Waals surface area (Å²) in [6.07, 6.45) is 0.171.